The first-order valence-corrected chi connectivity index (χ1v) is 5.96. The molecule has 0 aromatic heterocycles. The fourth-order valence-electron chi connectivity index (χ4n) is 1.64. The highest BCUT2D eigenvalue weighted by molar-refractivity contribution is 4.55. The van der Waals surface area contributed by atoms with Gasteiger partial charge in [-0.15, -0.1) is 0 Å². The Balaban J connectivity index is 3.05. The molecule has 1 N–H and O–H groups in total. The Morgan fingerprint density at radius 3 is 2.08 bits per heavy atom. The molecule has 0 rings (SSSR count). The van der Waals surface area contributed by atoms with Crippen molar-refractivity contribution < 1.29 is 5.11 Å². The van der Waals surface area contributed by atoms with E-state index in [4.69, 9.17) is 5.11 Å². The summed E-state index contributed by atoms with van der Waals surface area (Å²) in [4.78, 5) is 0. The molecule has 13 heavy (non-hydrogen) atoms. The molecular formula is C12H26O. The van der Waals surface area contributed by atoms with Crippen LogP contribution in [0.5, 0.6) is 0 Å². The van der Waals surface area contributed by atoms with Gasteiger partial charge in [-0.2, -0.15) is 0 Å². The zero-order chi connectivity index (χ0) is 9.94. The van der Waals surface area contributed by atoms with Crippen LogP contribution < -0.4 is 0 Å². The molecule has 80 valence electrons. The monoisotopic (exact) mass is 186 g/mol. The summed E-state index contributed by atoms with van der Waals surface area (Å²) in [6.07, 6.45) is 10.5. The summed E-state index contributed by atoms with van der Waals surface area (Å²) in [7, 11) is 0. The Morgan fingerprint density at radius 2 is 1.54 bits per heavy atom. The van der Waals surface area contributed by atoms with Gasteiger partial charge in [0, 0.05) is 6.61 Å². The van der Waals surface area contributed by atoms with Gasteiger partial charge in [-0.25, -0.2) is 0 Å². The fraction of sp³-hybridized carbons (Fsp3) is 1.00. The zero-order valence-electron chi connectivity index (χ0n) is 9.39. The van der Waals surface area contributed by atoms with E-state index < -0.39 is 0 Å². The number of unbranched alkanes of at least 4 members (excludes halogenated alkanes) is 5. The maximum Gasteiger partial charge on any atom is 0.0459 e. The average molecular weight is 186 g/mol. The van der Waals surface area contributed by atoms with Crippen LogP contribution in [0.25, 0.3) is 0 Å². The predicted octanol–water partition coefficient (Wildman–Crippen LogP) is 3.76. The van der Waals surface area contributed by atoms with E-state index >= 15 is 0 Å². The summed E-state index contributed by atoms with van der Waals surface area (Å²) in [5.41, 5.74) is 0. The number of aliphatic hydroxyl groups is 1. The van der Waals surface area contributed by atoms with Crippen LogP contribution in [0.4, 0.5) is 0 Å². The molecule has 0 saturated heterocycles. The lowest BCUT2D eigenvalue weighted by Crippen LogP contribution is -2.03. The highest BCUT2D eigenvalue weighted by Crippen LogP contribution is 2.14. The first-order valence-electron chi connectivity index (χ1n) is 5.96. The van der Waals surface area contributed by atoms with Gasteiger partial charge in [-0.05, 0) is 12.3 Å². The molecule has 1 heteroatoms. The van der Waals surface area contributed by atoms with Crippen LogP contribution in [0.1, 0.15) is 65.2 Å². The molecule has 0 amide bonds. The van der Waals surface area contributed by atoms with Crippen LogP contribution in [0.2, 0.25) is 0 Å². The van der Waals surface area contributed by atoms with Crippen molar-refractivity contribution in [2.45, 2.75) is 65.2 Å². The van der Waals surface area contributed by atoms with Crippen LogP contribution in [0.15, 0.2) is 0 Å². The molecular weight excluding hydrogens is 160 g/mol. The highest BCUT2D eigenvalue weighted by atomic mass is 16.3. The van der Waals surface area contributed by atoms with Crippen molar-refractivity contribution in [3.63, 3.8) is 0 Å². The molecule has 0 aliphatic carbocycles. The summed E-state index contributed by atoms with van der Waals surface area (Å²) in [5, 5.41) is 8.97. The van der Waals surface area contributed by atoms with Gasteiger partial charge in [-0.1, -0.05) is 58.8 Å². The third kappa shape index (κ3) is 8.29. The van der Waals surface area contributed by atoms with E-state index in [-0.39, 0.29) is 0 Å². The quantitative estimate of drug-likeness (QED) is 0.544. The number of aliphatic hydroxyl groups excluding tert-OH is 1. The smallest absolute Gasteiger partial charge is 0.0459 e. The van der Waals surface area contributed by atoms with Crippen LogP contribution >= 0.6 is 0 Å². The Morgan fingerprint density at radius 1 is 0.923 bits per heavy atom. The van der Waals surface area contributed by atoms with E-state index in [1.807, 2.05) is 0 Å². The molecule has 0 radical (unpaired) electrons. The lowest BCUT2D eigenvalue weighted by atomic mass is 9.99. The van der Waals surface area contributed by atoms with Gasteiger partial charge >= 0.3 is 0 Å². The van der Waals surface area contributed by atoms with Crippen molar-refractivity contribution >= 4 is 0 Å². The number of hydrogen-bond acceptors (Lipinski definition) is 1. The van der Waals surface area contributed by atoms with Gasteiger partial charge in [0.05, 0.1) is 0 Å². The molecule has 1 atom stereocenters. The Kier molecular flexibility index (Phi) is 10.0. The molecule has 0 aromatic rings. The van der Waals surface area contributed by atoms with Crippen LogP contribution in [-0.2, 0) is 0 Å². The van der Waals surface area contributed by atoms with Crippen molar-refractivity contribution in [3.8, 4) is 0 Å². The van der Waals surface area contributed by atoms with E-state index in [9.17, 15) is 0 Å². The second-order valence-corrected chi connectivity index (χ2v) is 4.01. The minimum Gasteiger partial charge on any atom is -0.396 e. The molecule has 0 saturated carbocycles. The van der Waals surface area contributed by atoms with Crippen molar-refractivity contribution in [1.29, 1.82) is 0 Å². The second-order valence-electron chi connectivity index (χ2n) is 4.01. The molecule has 0 aliphatic rings. The largest absolute Gasteiger partial charge is 0.396 e. The molecule has 0 fully saturated rings. The van der Waals surface area contributed by atoms with Crippen LogP contribution in [-0.4, -0.2) is 11.7 Å². The zero-order valence-corrected chi connectivity index (χ0v) is 9.39. The van der Waals surface area contributed by atoms with Gasteiger partial charge in [-0.3, -0.25) is 0 Å². The van der Waals surface area contributed by atoms with E-state index in [1.165, 1.54) is 44.9 Å². The van der Waals surface area contributed by atoms with Gasteiger partial charge in [0.15, 0.2) is 0 Å². The average Bonchev–Trinajstić information content (AvgIpc) is 2.17. The van der Waals surface area contributed by atoms with Crippen molar-refractivity contribution in [2.24, 2.45) is 5.92 Å². The molecule has 0 spiro atoms. The van der Waals surface area contributed by atoms with E-state index in [0.29, 0.717) is 12.5 Å². The van der Waals surface area contributed by atoms with Gasteiger partial charge < -0.3 is 5.11 Å². The van der Waals surface area contributed by atoms with Crippen molar-refractivity contribution in [1.82, 2.24) is 0 Å². The lowest BCUT2D eigenvalue weighted by molar-refractivity contribution is 0.211. The lowest BCUT2D eigenvalue weighted by Gasteiger charge is -2.10. The summed E-state index contributed by atoms with van der Waals surface area (Å²) >= 11 is 0. The summed E-state index contributed by atoms with van der Waals surface area (Å²) < 4.78 is 0. The molecule has 0 aromatic carbocycles. The SMILES string of the molecule is CCCCCCCC[C@H](CC)CO. The van der Waals surface area contributed by atoms with Crippen LogP contribution in [0, 0.1) is 5.92 Å². The number of hydrogen-bond donors (Lipinski definition) is 1. The van der Waals surface area contributed by atoms with Crippen molar-refractivity contribution in [3.05, 3.63) is 0 Å². The third-order valence-corrected chi connectivity index (χ3v) is 2.80. The van der Waals surface area contributed by atoms with Crippen LogP contribution in [0.3, 0.4) is 0 Å². The first kappa shape index (κ1) is 13.0. The summed E-state index contributed by atoms with van der Waals surface area (Å²) in [6.45, 7) is 4.79. The van der Waals surface area contributed by atoms with E-state index in [2.05, 4.69) is 13.8 Å². The molecule has 0 unspecified atom stereocenters. The van der Waals surface area contributed by atoms with Gasteiger partial charge in [0.1, 0.15) is 0 Å². The predicted molar refractivity (Wildman–Crippen MR) is 58.9 cm³/mol. The molecule has 0 aliphatic heterocycles. The fourth-order valence-corrected chi connectivity index (χ4v) is 1.64. The standard InChI is InChI=1S/C12H26O/c1-3-5-6-7-8-9-10-12(4-2)11-13/h12-13H,3-11H2,1-2H3/t12-/m0/s1. The topological polar surface area (TPSA) is 20.2 Å². The van der Waals surface area contributed by atoms with Crippen molar-refractivity contribution in [2.75, 3.05) is 6.61 Å². The molecule has 0 heterocycles. The molecule has 1 nitrogen and oxygen atoms in total. The molecule has 0 bridgehead atoms. The Bertz CT molecular complexity index is 87.1. The third-order valence-electron chi connectivity index (χ3n) is 2.80. The first-order chi connectivity index (χ1) is 6.35. The summed E-state index contributed by atoms with van der Waals surface area (Å²) in [6, 6.07) is 0. The Hall–Kier alpha value is -0.0400. The van der Waals surface area contributed by atoms with E-state index in [1.54, 1.807) is 0 Å². The summed E-state index contributed by atoms with van der Waals surface area (Å²) in [5.74, 6) is 0.561. The maximum atomic E-state index is 8.97. The second kappa shape index (κ2) is 10.0. The minimum atomic E-state index is 0.380. The normalized spacial score (nSPS) is 13.2. The van der Waals surface area contributed by atoms with E-state index in [0.717, 1.165) is 6.42 Å². The Labute approximate surface area is 83.5 Å². The van der Waals surface area contributed by atoms with Gasteiger partial charge in [0.25, 0.3) is 0 Å². The maximum absolute atomic E-state index is 8.97. The highest BCUT2D eigenvalue weighted by Gasteiger charge is 2.02. The van der Waals surface area contributed by atoms with Gasteiger partial charge in [0.2, 0.25) is 0 Å². The minimum absolute atomic E-state index is 0.380. The number of rotatable bonds is 9.